The van der Waals surface area contributed by atoms with Gasteiger partial charge in [0.05, 0.1) is 6.61 Å². The smallest absolute Gasteiger partial charge is 0.403 e. The quantitative estimate of drug-likeness (QED) is 0.830. The monoisotopic (exact) mass is 287 g/mol. The van der Waals surface area contributed by atoms with Gasteiger partial charge in [-0.05, 0) is 31.4 Å². The molecule has 0 aliphatic carbocycles. The van der Waals surface area contributed by atoms with E-state index in [2.05, 4.69) is 4.74 Å². The Morgan fingerprint density at radius 2 is 2.00 bits per heavy atom. The van der Waals surface area contributed by atoms with Crippen LogP contribution in [0.25, 0.3) is 0 Å². The average Bonchev–Trinajstić information content (AvgIpc) is 2.32. The molecule has 6 heteroatoms. The molecule has 0 spiro atoms. The van der Waals surface area contributed by atoms with Gasteiger partial charge in [0.2, 0.25) is 0 Å². The summed E-state index contributed by atoms with van der Waals surface area (Å²) >= 11 is 4.72. The Labute approximate surface area is 117 Å². The van der Waals surface area contributed by atoms with Gasteiger partial charge in [-0.3, -0.25) is 4.79 Å². The fraction of sp³-hybridized carbons (Fsp3) is 0.385. The summed E-state index contributed by atoms with van der Waals surface area (Å²) in [6.45, 7) is 3.99. The van der Waals surface area contributed by atoms with Crippen LogP contribution in [0.15, 0.2) is 24.3 Å². The molecular formula is C13H18ClNO4. The Kier molecular flexibility index (Phi) is 8.57. The summed E-state index contributed by atoms with van der Waals surface area (Å²) < 4.78 is 4.17. The number of aryl methyl sites for hydroxylation is 1. The van der Waals surface area contributed by atoms with Crippen LogP contribution in [0, 0.1) is 6.92 Å². The summed E-state index contributed by atoms with van der Waals surface area (Å²) in [6.07, 6.45) is 0.391. The van der Waals surface area contributed by atoms with E-state index in [1.54, 1.807) is 6.92 Å². The normalized spacial score (nSPS) is 10.9. The van der Waals surface area contributed by atoms with Crippen LogP contribution >= 0.6 is 11.6 Å². The molecule has 0 aliphatic rings. The zero-order valence-corrected chi connectivity index (χ0v) is 11.7. The SMILES string of the molecule is CCOC(=O)Cl.Cc1ccccc1CC(N)C(=O)O. The number of hydrogen-bond acceptors (Lipinski definition) is 4. The molecule has 0 heterocycles. The molecule has 0 saturated carbocycles. The van der Waals surface area contributed by atoms with Gasteiger partial charge in [-0.25, -0.2) is 4.79 Å². The van der Waals surface area contributed by atoms with E-state index in [0.29, 0.717) is 13.0 Å². The second kappa shape index (κ2) is 9.35. The van der Waals surface area contributed by atoms with E-state index >= 15 is 0 Å². The van der Waals surface area contributed by atoms with Crippen molar-refractivity contribution in [2.75, 3.05) is 6.61 Å². The predicted molar refractivity (Wildman–Crippen MR) is 73.4 cm³/mol. The fourth-order valence-electron chi connectivity index (χ4n) is 1.28. The van der Waals surface area contributed by atoms with Crippen LogP contribution in [-0.2, 0) is 16.0 Å². The molecule has 3 N–H and O–H groups in total. The number of benzene rings is 1. The summed E-state index contributed by atoms with van der Waals surface area (Å²) in [5.41, 5.74) is 6.76. The molecular weight excluding hydrogens is 270 g/mol. The topological polar surface area (TPSA) is 89.6 Å². The van der Waals surface area contributed by atoms with E-state index in [4.69, 9.17) is 22.4 Å². The predicted octanol–water partition coefficient (Wildman–Crippen LogP) is 2.33. The number of rotatable bonds is 4. The first kappa shape index (κ1) is 17.4. The van der Waals surface area contributed by atoms with Gasteiger partial charge in [-0.2, -0.15) is 0 Å². The lowest BCUT2D eigenvalue weighted by Crippen LogP contribution is -2.32. The van der Waals surface area contributed by atoms with Crippen LogP contribution < -0.4 is 5.73 Å². The van der Waals surface area contributed by atoms with Crippen molar-refractivity contribution in [2.45, 2.75) is 26.3 Å². The number of aliphatic carboxylic acids is 1. The summed E-state index contributed by atoms with van der Waals surface area (Å²) in [5.74, 6) is -0.955. The maximum Gasteiger partial charge on any atom is 0.403 e. The number of hydrogen-bond donors (Lipinski definition) is 2. The molecule has 19 heavy (non-hydrogen) atoms. The Bertz CT molecular complexity index is 423. The van der Waals surface area contributed by atoms with Gasteiger partial charge < -0.3 is 15.6 Å². The van der Waals surface area contributed by atoms with Gasteiger partial charge in [0.1, 0.15) is 6.04 Å². The van der Waals surface area contributed by atoms with E-state index in [0.717, 1.165) is 11.1 Å². The van der Waals surface area contributed by atoms with Crippen LogP contribution in [0.2, 0.25) is 0 Å². The van der Waals surface area contributed by atoms with Crippen LogP contribution in [0.4, 0.5) is 4.79 Å². The van der Waals surface area contributed by atoms with Gasteiger partial charge in [-0.1, -0.05) is 24.3 Å². The fourth-order valence-corrected chi connectivity index (χ4v) is 1.39. The van der Waals surface area contributed by atoms with E-state index < -0.39 is 17.4 Å². The van der Waals surface area contributed by atoms with Gasteiger partial charge in [0.25, 0.3) is 0 Å². The third kappa shape index (κ3) is 8.18. The second-order valence-corrected chi connectivity index (χ2v) is 4.05. The summed E-state index contributed by atoms with van der Waals surface area (Å²) in [7, 11) is 0. The molecule has 0 amide bonds. The van der Waals surface area contributed by atoms with E-state index in [9.17, 15) is 9.59 Å². The van der Waals surface area contributed by atoms with Gasteiger partial charge in [0, 0.05) is 11.6 Å². The standard InChI is InChI=1S/C10H13NO2.C3H5ClO2/c1-7-4-2-3-5-8(7)6-9(11)10(12)13;1-2-6-3(4)5/h2-5,9H,6,11H2,1H3,(H,12,13);2H2,1H3. The lowest BCUT2D eigenvalue weighted by Gasteiger charge is -2.08. The van der Waals surface area contributed by atoms with Crippen LogP contribution in [0.1, 0.15) is 18.1 Å². The van der Waals surface area contributed by atoms with Crippen molar-refractivity contribution in [1.29, 1.82) is 0 Å². The Balaban J connectivity index is 0.000000459. The number of carbonyl (C=O) groups excluding carboxylic acids is 1. The molecule has 1 atom stereocenters. The first-order valence-electron chi connectivity index (χ1n) is 5.73. The maximum atomic E-state index is 10.5. The molecule has 0 saturated heterocycles. The Morgan fingerprint density at radius 1 is 1.42 bits per heavy atom. The molecule has 0 radical (unpaired) electrons. The van der Waals surface area contributed by atoms with Crippen molar-refractivity contribution in [3.8, 4) is 0 Å². The summed E-state index contributed by atoms with van der Waals surface area (Å²) in [6, 6.07) is 6.85. The molecule has 1 rings (SSSR count). The highest BCUT2D eigenvalue weighted by atomic mass is 35.5. The number of carboxylic acids is 1. The lowest BCUT2D eigenvalue weighted by atomic mass is 10.0. The van der Waals surface area contributed by atoms with Gasteiger partial charge in [0.15, 0.2) is 0 Å². The van der Waals surface area contributed by atoms with Crippen molar-refractivity contribution in [1.82, 2.24) is 0 Å². The average molecular weight is 288 g/mol. The van der Waals surface area contributed by atoms with Crippen molar-refractivity contribution in [2.24, 2.45) is 5.73 Å². The molecule has 5 nitrogen and oxygen atoms in total. The molecule has 0 bridgehead atoms. The van der Waals surface area contributed by atoms with E-state index in [1.165, 1.54) is 0 Å². The van der Waals surface area contributed by atoms with E-state index in [1.807, 2.05) is 31.2 Å². The van der Waals surface area contributed by atoms with Crippen molar-refractivity contribution in [3.63, 3.8) is 0 Å². The molecule has 1 unspecified atom stereocenters. The van der Waals surface area contributed by atoms with Crippen LogP contribution in [-0.4, -0.2) is 29.2 Å². The van der Waals surface area contributed by atoms with Crippen LogP contribution in [0.5, 0.6) is 0 Å². The molecule has 106 valence electrons. The number of nitrogens with two attached hydrogens (primary N) is 1. The second-order valence-electron chi connectivity index (χ2n) is 3.75. The van der Waals surface area contributed by atoms with Gasteiger partial charge in [-0.15, -0.1) is 0 Å². The third-order valence-corrected chi connectivity index (χ3v) is 2.39. The molecule has 0 aromatic heterocycles. The van der Waals surface area contributed by atoms with Gasteiger partial charge >= 0.3 is 11.4 Å². The maximum absolute atomic E-state index is 10.5. The summed E-state index contributed by atoms with van der Waals surface area (Å²) in [4.78, 5) is 20.1. The molecule has 0 fully saturated rings. The largest absolute Gasteiger partial charge is 0.480 e. The summed E-state index contributed by atoms with van der Waals surface area (Å²) in [5, 5.41) is 8.61. The van der Waals surface area contributed by atoms with Crippen LogP contribution in [0.3, 0.4) is 0 Å². The minimum absolute atomic E-state index is 0.350. The number of halogens is 1. The van der Waals surface area contributed by atoms with Crippen molar-refractivity contribution >= 4 is 23.0 Å². The van der Waals surface area contributed by atoms with Crippen molar-refractivity contribution in [3.05, 3.63) is 35.4 Å². The highest BCUT2D eigenvalue weighted by Crippen LogP contribution is 2.08. The van der Waals surface area contributed by atoms with Crippen molar-refractivity contribution < 1.29 is 19.4 Å². The first-order valence-corrected chi connectivity index (χ1v) is 6.11. The third-order valence-electron chi connectivity index (χ3n) is 2.28. The minimum Gasteiger partial charge on any atom is -0.480 e. The zero-order valence-electron chi connectivity index (χ0n) is 10.9. The number of carbonyl (C=O) groups is 2. The lowest BCUT2D eigenvalue weighted by molar-refractivity contribution is -0.138. The highest BCUT2D eigenvalue weighted by Gasteiger charge is 2.12. The Hall–Kier alpha value is -1.59. The first-order chi connectivity index (χ1) is 8.88. The molecule has 1 aromatic carbocycles. The number of carboxylic acid groups (broad SMARTS) is 1. The number of ether oxygens (including phenoxy) is 1. The Morgan fingerprint density at radius 3 is 2.37 bits per heavy atom. The molecule has 0 aliphatic heterocycles. The molecule has 1 aromatic rings. The van der Waals surface area contributed by atoms with E-state index in [-0.39, 0.29) is 0 Å². The minimum atomic E-state index is -0.955. The highest BCUT2D eigenvalue weighted by molar-refractivity contribution is 6.61. The zero-order chi connectivity index (χ0) is 14.8.